The van der Waals surface area contributed by atoms with E-state index < -0.39 is 23.5 Å². The lowest BCUT2D eigenvalue weighted by atomic mass is 9.64. The highest BCUT2D eigenvalue weighted by Crippen LogP contribution is 2.46. The summed E-state index contributed by atoms with van der Waals surface area (Å²) in [6.45, 7) is 1.04. The van der Waals surface area contributed by atoms with Crippen LogP contribution in [0.4, 0.5) is 4.79 Å². The standard InChI is InChI=1S/C28H37Cl2N5O4/c1-34-17-22(32-18-34)9-12-31-27(39)33-24(15-19-7-8-21(29)16-23(19)30)25(36)35-13-10-28(11-14-35,26(37)38)20-5-3-2-4-6-20/h7-8,16-18,20,24H,2-6,9-15H2,1H3,(H,37,38)(H2,31,33,39). The Labute approximate surface area is 239 Å². The van der Waals surface area contributed by atoms with Gasteiger partial charge in [-0.05, 0) is 49.3 Å². The molecule has 1 aliphatic carbocycles. The van der Waals surface area contributed by atoms with E-state index in [0.29, 0.717) is 54.5 Å². The number of amides is 3. The topological polar surface area (TPSA) is 117 Å². The number of carbonyl (C=O) groups excluding carboxylic acids is 2. The number of carbonyl (C=O) groups is 3. The minimum absolute atomic E-state index is 0.146. The number of imidazole rings is 1. The maximum atomic E-state index is 13.7. The molecule has 11 heteroatoms. The minimum Gasteiger partial charge on any atom is -0.481 e. The summed E-state index contributed by atoms with van der Waals surface area (Å²) in [7, 11) is 1.88. The summed E-state index contributed by atoms with van der Waals surface area (Å²) in [5.41, 5.74) is 0.751. The van der Waals surface area contributed by atoms with Gasteiger partial charge in [-0.25, -0.2) is 9.78 Å². The number of benzene rings is 1. The maximum absolute atomic E-state index is 13.7. The fraction of sp³-hybridized carbons (Fsp3) is 0.571. The number of halogens is 2. The predicted molar refractivity (Wildman–Crippen MR) is 150 cm³/mol. The zero-order chi connectivity index (χ0) is 28.0. The molecule has 212 valence electrons. The van der Waals surface area contributed by atoms with Gasteiger partial charge in [-0.2, -0.15) is 0 Å². The third-order valence-electron chi connectivity index (χ3n) is 8.25. The van der Waals surface area contributed by atoms with Crippen molar-refractivity contribution in [3.8, 4) is 0 Å². The molecular formula is C28H37Cl2N5O4. The first kappa shape index (κ1) is 29.2. The highest BCUT2D eigenvalue weighted by molar-refractivity contribution is 6.35. The van der Waals surface area contributed by atoms with Gasteiger partial charge in [-0.15, -0.1) is 0 Å². The SMILES string of the molecule is Cn1cnc(CCNC(=O)NC(Cc2ccc(Cl)cc2Cl)C(=O)N2CCC(C(=O)O)(C3CCCCC3)CC2)c1. The van der Waals surface area contributed by atoms with Crippen LogP contribution in [-0.2, 0) is 29.5 Å². The molecule has 1 aromatic carbocycles. The average Bonchev–Trinajstić information content (AvgIpc) is 3.34. The Morgan fingerprint density at radius 2 is 1.87 bits per heavy atom. The van der Waals surface area contributed by atoms with E-state index >= 15 is 0 Å². The smallest absolute Gasteiger partial charge is 0.315 e. The van der Waals surface area contributed by atoms with Crippen LogP contribution in [0.15, 0.2) is 30.7 Å². The quantitative estimate of drug-likeness (QED) is 0.407. The Morgan fingerprint density at radius 1 is 1.15 bits per heavy atom. The number of likely N-dealkylation sites (tertiary alicyclic amines) is 1. The molecule has 1 aliphatic heterocycles. The van der Waals surface area contributed by atoms with Crippen LogP contribution in [0.2, 0.25) is 10.0 Å². The molecule has 0 spiro atoms. The van der Waals surface area contributed by atoms with Gasteiger partial charge < -0.3 is 25.2 Å². The Balaban J connectivity index is 1.43. The van der Waals surface area contributed by atoms with Crippen molar-refractivity contribution in [2.75, 3.05) is 19.6 Å². The van der Waals surface area contributed by atoms with E-state index in [2.05, 4.69) is 15.6 Å². The highest BCUT2D eigenvalue weighted by Gasteiger charge is 2.48. The number of nitrogens with zero attached hydrogens (tertiary/aromatic N) is 3. The van der Waals surface area contributed by atoms with Gasteiger partial charge in [0.05, 0.1) is 17.4 Å². The molecule has 2 fully saturated rings. The van der Waals surface area contributed by atoms with Gasteiger partial charge in [0, 0.05) is 55.8 Å². The van der Waals surface area contributed by atoms with Crippen molar-refractivity contribution in [2.24, 2.45) is 18.4 Å². The summed E-state index contributed by atoms with van der Waals surface area (Å²) in [4.78, 5) is 44.9. The molecule has 1 atom stereocenters. The first-order valence-corrected chi connectivity index (χ1v) is 14.4. The third kappa shape index (κ3) is 7.25. The molecule has 3 amide bonds. The van der Waals surface area contributed by atoms with Gasteiger partial charge in [0.25, 0.3) is 0 Å². The molecule has 9 nitrogen and oxygen atoms in total. The Kier molecular flexibility index (Phi) is 9.77. The molecule has 3 N–H and O–H groups in total. The number of hydrogen-bond acceptors (Lipinski definition) is 4. The van der Waals surface area contributed by atoms with Crippen LogP contribution in [0.3, 0.4) is 0 Å². The van der Waals surface area contributed by atoms with Gasteiger partial charge >= 0.3 is 12.0 Å². The number of nitrogens with one attached hydrogen (secondary N) is 2. The molecule has 1 aromatic heterocycles. The lowest BCUT2D eigenvalue weighted by molar-refractivity contribution is -0.160. The number of urea groups is 1. The van der Waals surface area contributed by atoms with Crippen LogP contribution in [0.5, 0.6) is 0 Å². The van der Waals surface area contributed by atoms with E-state index in [0.717, 1.165) is 37.8 Å². The Bertz CT molecular complexity index is 1170. The predicted octanol–water partition coefficient (Wildman–Crippen LogP) is 4.45. The molecule has 0 bridgehead atoms. The van der Waals surface area contributed by atoms with Crippen molar-refractivity contribution in [2.45, 2.75) is 63.8 Å². The van der Waals surface area contributed by atoms with Crippen LogP contribution in [0, 0.1) is 11.3 Å². The number of hydrogen-bond donors (Lipinski definition) is 3. The van der Waals surface area contributed by atoms with Crippen molar-refractivity contribution in [1.82, 2.24) is 25.1 Å². The number of carboxylic acid groups (broad SMARTS) is 1. The van der Waals surface area contributed by atoms with Crippen LogP contribution in [0.25, 0.3) is 0 Å². The van der Waals surface area contributed by atoms with E-state index in [4.69, 9.17) is 23.2 Å². The summed E-state index contributed by atoms with van der Waals surface area (Å²) in [6, 6.07) is 3.72. The average molecular weight is 579 g/mol. The summed E-state index contributed by atoms with van der Waals surface area (Å²) >= 11 is 12.5. The van der Waals surface area contributed by atoms with E-state index in [1.807, 2.05) is 17.8 Å². The van der Waals surface area contributed by atoms with Crippen molar-refractivity contribution in [3.05, 3.63) is 52.0 Å². The normalized spacial score (nSPS) is 18.4. The first-order chi connectivity index (χ1) is 18.7. The Hall–Kier alpha value is -2.78. The molecule has 1 unspecified atom stereocenters. The minimum atomic E-state index is -0.870. The molecule has 39 heavy (non-hydrogen) atoms. The van der Waals surface area contributed by atoms with E-state index in [-0.39, 0.29) is 18.2 Å². The molecule has 2 aromatic rings. The number of piperidine rings is 1. The fourth-order valence-corrected chi connectivity index (χ4v) is 6.50. The number of aryl methyl sites for hydroxylation is 1. The second-order valence-corrected chi connectivity index (χ2v) is 11.6. The second-order valence-electron chi connectivity index (χ2n) is 10.8. The molecule has 4 rings (SSSR count). The monoisotopic (exact) mass is 577 g/mol. The number of aliphatic carboxylic acids is 1. The van der Waals surface area contributed by atoms with Crippen molar-refractivity contribution >= 4 is 41.1 Å². The van der Waals surface area contributed by atoms with Gasteiger partial charge in [-0.3, -0.25) is 9.59 Å². The Morgan fingerprint density at radius 3 is 2.49 bits per heavy atom. The van der Waals surface area contributed by atoms with Crippen LogP contribution in [0.1, 0.15) is 56.2 Å². The van der Waals surface area contributed by atoms with Crippen LogP contribution in [-0.4, -0.2) is 63.1 Å². The van der Waals surface area contributed by atoms with Gasteiger partial charge in [0.15, 0.2) is 0 Å². The lowest BCUT2D eigenvalue weighted by Gasteiger charge is -2.45. The first-order valence-electron chi connectivity index (χ1n) is 13.7. The fourth-order valence-electron chi connectivity index (χ4n) is 6.02. The van der Waals surface area contributed by atoms with Crippen molar-refractivity contribution in [1.29, 1.82) is 0 Å². The van der Waals surface area contributed by atoms with Crippen LogP contribution < -0.4 is 10.6 Å². The summed E-state index contributed by atoms with van der Waals surface area (Å²) in [6.07, 6.45) is 10.3. The molecule has 1 saturated carbocycles. The van der Waals surface area contributed by atoms with E-state index in [1.165, 1.54) is 0 Å². The number of rotatable bonds is 9. The maximum Gasteiger partial charge on any atom is 0.315 e. The number of carboxylic acids is 1. The molecule has 1 saturated heterocycles. The number of aromatic nitrogens is 2. The van der Waals surface area contributed by atoms with Crippen molar-refractivity contribution < 1.29 is 19.5 Å². The van der Waals surface area contributed by atoms with Gasteiger partial charge in [-0.1, -0.05) is 48.5 Å². The van der Waals surface area contributed by atoms with E-state index in [9.17, 15) is 19.5 Å². The zero-order valence-electron chi connectivity index (χ0n) is 22.3. The summed E-state index contributed by atoms with van der Waals surface area (Å²) in [5.74, 6) is -0.854. The third-order valence-corrected chi connectivity index (χ3v) is 8.83. The summed E-state index contributed by atoms with van der Waals surface area (Å²) in [5, 5.41) is 16.7. The van der Waals surface area contributed by atoms with Crippen molar-refractivity contribution in [3.63, 3.8) is 0 Å². The highest BCUT2D eigenvalue weighted by atomic mass is 35.5. The molecule has 2 aliphatic rings. The molecular weight excluding hydrogens is 541 g/mol. The second kappa shape index (κ2) is 13.0. The zero-order valence-corrected chi connectivity index (χ0v) is 23.8. The van der Waals surface area contributed by atoms with E-state index in [1.54, 1.807) is 29.4 Å². The largest absolute Gasteiger partial charge is 0.481 e. The van der Waals surface area contributed by atoms with Crippen LogP contribution >= 0.6 is 23.2 Å². The van der Waals surface area contributed by atoms with Gasteiger partial charge in [0.2, 0.25) is 5.91 Å². The summed E-state index contributed by atoms with van der Waals surface area (Å²) < 4.78 is 1.84. The van der Waals surface area contributed by atoms with Gasteiger partial charge in [0.1, 0.15) is 6.04 Å². The molecule has 0 radical (unpaired) electrons. The lowest BCUT2D eigenvalue weighted by Crippen LogP contribution is -2.56. The molecule has 2 heterocycles.